The molecule has 0 atom stereocenters. The van der Waals surface area contributed by atoms with Crippen LogP contribution in [0.5, 0.6) is 0 Å². The topological polar surface area (TPSA) is 98.0 Å². The zero-order valence-corrected chi connectivity index (χ0v) is 20.7. The SMILES string of the molecule is C=C1c2sc(C(=O)NCCC(=O)OCC)cc2N=C(N2CCCCC2)N1Cc1ccccc1C#N. The summed E-state index contributed by atoms with van der Waals surface area (Å²) in [5.74, 6) is 0.218. The monoisotopic (exact) mass is 491 g/mol. The lowest BCUT2D eigenvalue weighted by molar-refractivity contribution is -0.142. The highest BCUT2D eigenvalue weighted by Gasteiger charge is 2.31. The molecule has 1 fully saturated rings. The third-order valence-corrected chi connectivity index (χ3v) is 7.18. The zero-order chi connectivity index (χ0) is 24.8. The summed E-state index contributed by atoms with van der Waals surface area (Å²) in [7, 11) is 0. The molecular formula is C26H29N5O3S. The number of piperidine rings is 1. The van der Waals surface area contributed by atoms with E-state index in [2.05, 4.69) is 27.8 Å². The van der Waals surface area contributed by atoms with Gasteiger partial charge in [0.15, 0.2) is 0 Å². The summed E-state index contributed by atoms with van der Waals surface area (Å²) >= 11 is 1.33. The molecule has 1 aromatic heterocycles. The van der Waals surface area contributed by atoms with Crippen molar-refractivity contribution in [1.29, 1.82) is 5.26 Å². The minimum absolute atomic E-state index is 0.126. The summed E-state index contributed by atoms with van der Waals surface area (Å²) in [4.78, 5) is 34.9. The second kappa shape index (κ2) is 11.2. The maximum Gasteiger partial charge on any atom is 0.307 e. The minimum Gasteiger partial charge on any atom is -0.466 e. The van der Waals surface area contributed by atoms with Crippen LogP contribution < -0.4 is 5.32 Å². The Morgan fingerprint density at radius 1 is 1.26 bits per heavy atom. The van der Waals surface area contributed by atoms with E-state index in [1.165, 1.54) is 17.8 Å². The molecule has 182 valence electrons. The van der Waals surface area contributed by atoms with E-state index in [-0.39, 0.29) is 24.8 Å². The molecular weight excluding hydrogens is 462 g/mol. The van der Waals surface area contributed by atoms with Crippen molar-refractivity contribution in [3.63, 3.8) is 0 Å². The number of carbonyl (C=O) groups is 2. The molecule has 0 bridgehead atoms. The summed E-state index contributed by atoms with van der Waals surface area (Å²) < 4.78 is 4.91. The average Bonchev–Trinajstić information content (AvgIpc) is 3.31. The van der Waals surface area contributed by atoms with Crippen LogP contribution in [0.2, 0.25) is 0 Å². The van der Waals surface area contributed by atoms with Gasteiger partial charge in [-0.3, -0.25) is 9.59 Å². The van der Waals surface area contributed by atoms with E-state index in [9.17, 15) is 14.9 Å². The molecule has 0 spiro atoms. The Hall–Kier alpha value is -3.64. The lowest BCUT2D eigenvalue weighted by Crippen LogP contribution is -2.46. The number of nitriles is 1. The van der Waals surface area contributed by atoms with Crippen LogP contribution in [0.4, 0.5) is 5.69 Å². The van der Waals surface area contributed by atoms with Crippen LogP contribution in [0.1, 0.15) is 58.3 Å². The molecule has 1 aromatic carbocycles. The Labute approximate surface area is 209 Å². The summed E-state index contributed by atoms with van der Waals surface area (Å²) in [6, 6.07) is 11.6. The lowest BCUT2D eigenvalue weighted by atomic mass is 10.1. The first-order chi connectivity index (χ1) is 17.0. The number of guanidine groups is 1. The number of amides is 1. The second-order valence-corrected chi connectivity index (χ2v) is 9.45. The molecule has 0 radical (unpaired) electrons. The fraction of sp³-hybridized carbons (Fsp3) is 0.385. The first kappa shape index (κ1) is 24.5. The van der Waals surface area contributed by atoms with Crippen molar-refractivity contribution in [2.75, 3.05) is 26.2 Å². The molecule has 3 heterocycles. The van der Waals surface area contributed by atoms with Gasteiger partial charge in [0.1, 0.15) is 0 Å². The number of benzene rings is 1. The first-order valence-electron chi connectivity index (χ1n) is 11.9. The largest absolute Gasteiger partial charge is 0.466 e. The van der Waals surface area contributed by atoms with Gasteiger partial charge < -0.3 is 19.9 Å². The van der Waals surface area contributed by atoms with Gasteiger partial charge in [-0.1, -0.05) is 24.8 Å². The predicted molar refractivity (Wildman–Crippen MR) is 136 cm³/mol. The molecule has 35 heavy (non-hydrogen) atoms. The van der Waals surface area contributed by atoms with Crippen LogP contribution >= 0.6 is 11.3 Å². The molecule has 9 heteroatoms. The molecule has 2 aliphatic heterocycles. The third kappa shape index (κ3) is 5.54. The van der Waals surface area contributed by atoms with Gasteiger partial charge in [0, 0.05) is 19.6 Å². The highest BCUT2D eigenvalue weighted by atomic mass is 32.1. The number of rotatable bonds is 7. The molecule has 4 rings (SSSR count). The fourth-order valence-electron chi connectivity index (χ4n) is 4.23. The van der Waals surface area contributed by atoms with Gasteiger partial charge in [-0.15, -0.1) is 11.3 Å². The van der Waals surface area contributed by atoms with Crippen molar-refractivity contribution in [2.24, 2.45) is 4.99 Å². The van der Waals surface area contributed by atoms with Crippen molar-refractivity contribution in [2.45, 2.75) is 39.2 Å². The van der Waals surface area contributed by atoms with Crippen LogP contribution in [0.15, 0.2) is 41.9 Å². The second-order valence-electron chi connectivity index (χ2n) is 8.40. The van der Waals surface area contributed by atoms with Gasteiger partial charge in [0.2, 0.25) is 5.96 Å². The maximum absolute atomic E-state index is 12.8. The number of hydrogen-bond acceptors (Lipinski definition) is 8. The molecule has 1 N–H and O–H groups in total. The van der Waals surface area contributed by atoms with Gasteiger partial charge in [-0.05, 0) is 43.9 Å². The van der Waals surface area contributed by atoms with E-state index in [0.717, 1.165) is 53.7 Å². The Balaban J connectivity index is 1.59. The number of nitrogens with zero attached hydrogens (tertiary/aromatic N) is 4. The van der Waals surface area contributed by atoms with Crippen LogP contribution in [0.3, 0.4) is 0 Å². The fourth-order valence-corrected chi connectivity index (χ4v) is 5.22. The highest BCUT2D eigenvalue weighted by molar-refractivity contribution is 7.15. The molecule has 2 aromatic rings. The number of esters is 1. The number of carbonyl (C=O) groups excluding carboxylic acids is 2. The normalized spacial score (nSPS) is 15.2. The summed E-state index contributed by atoms with van der Waals surface area (Å²) in [5, 5.41) is 12.4. The number of thiophene rings is 1. The van der Waals surface area contributed by atoms with Crippen molar-refractivity contribution < 1.29 is 14.3 Å². The quantitative estimate of drug-likeness (QED) is 0.581. The van der Waals surface area contributed by atoms with Gasteiger partial charge >= 0.3 is 5.97 Å². The van der Waals surface area contributed by atoms with Crippen molar-refractivity contribution >= 4 is 40.6 Å². The van der Waals surface area contributed by atoms with Crippen LogP contribution in [-0.2, 0) is 16.1 Å². The van der Waals surface area contributed by atoms with E-state index in [4.69, 9.17) is 9.73 Å². The average molecular weight is 492 g/mol. The number of hydrogen-bond donors (Lipinski definition) is 1. The molecule has 8 nitrogen and oxygen atoms in total. The Morgan fingerprint density at radius 2 is 2.03 bits per heavy atom. The van der Waals surface area contributed by atoms with Crippen LogP contribution in [0, 0.1) is 11.3 Å². The highest BCUT2D eigenvalue weighted by Crippen LogP contribution is 2.41. The van der Waals surface area contributed by atoms with E-state index in [0.29, 0.717) is 23.6 Å². The third-order valence-electron chi connectivity index (χ3n) is 6.01. The maximum atomic E-state index is 12.8. The van der Waals surface area contributed by atoms with Gasteiger partial charge in [0.05, 0.1) is 52.3 Å². The smallest absolute Gasteiger partial charge is 0.307 e. The Morgan fingerprint density at radius 3 is 2.77 bits per heavy atom. The summed E-state index contributed by atoms with van der Waals surface area (Å²) in [6.07, 6.45) is 3.51. The number of nitrogens with one attached hydrogen (secondary N) is 1. The van der Waals surface area contributed by atoms with E-state index < -0.39 is 0 Å². The zero-order valence-electron chi connectivity index (χ0n) is 19.9. The Bertz CT molecular complexity index is 1190. The summed E-state index contributed by atoms with van der Waals surface area (Å²) in [5.41, 5.74) is 3.01. The minimum atomic E-state index is -0.337. The number of ether oxygens (including phenoxy) is 1. The molecule has 0 aliphatic carbocycles. The van der Waals surface area contributed by atoms with Crippen LogP contribution in [-0.4, -0.2) is 53.9 Å². The first-order valence-corrected chi connectivity index (χ1v) is 12.7. The van der Waals surface area contributed by atoms with Crippen molar-refractivity contribution in [1.82, 2.24) is 15.1 Å². The van der Waals surface area contributed by atoms with Crippen molar-refractivity contribution in [3.05, 3.63) is 57.8 Å². The number of fused-ring (bicyclic) bond motifs is 1. The standard InChI is InChI=1S/C26H29N5O3S/c1-3-34-23(32)11-12-28-25(33)22-15-21-24(35-22)18(2)31(17-20-10-6-5-9-19(20)16-27)26(29-21)30-13-7-4-8-14-30/h5-6,9-10,15H,2-4,7-8,11-14,17H2,1H3,(H,28,33). The Kier molecular flexibility index (Phi) is 7.83. The molecule has 0 unspecified atom stereocenters. The summed E-state index contributed by atoms with van der Waals surface area (Å²) in [6.45, 7) is 8.92. The van der Waals surface area contributed by atoms with E-state index in [1.54, 1.807) is 13.0 Å². The van der Waals surface area contributed by atoms with Gasteiger partial charge in [-0.25, -0.2) is 4.99 Å². The van der Waals surface area contributed by atoms with Crippen molar-refractivity contribution in [3.8, 4) is 6.07 Å². The van der Waals surface area contributed by atoms with E-state index >= 15 is 0 Å². The number of aliphatic imine (C=N–C) groups is 1. The van der Waals surface area contributed by atoms with Crippen LogP contribution in [0.25, 0.3) is 5.70 Å². The number of likely N-dealkylation sites (tertiary alicyclic amines) is 1. The molecule has 2 aliphatic rings. The molecule has 1 amide bonds. The predicted octanol–water partition coefficient (Wildman–Crippen LogP) is 4.26. The van der Waals surface area contributed by atoms with Gasteiger partial charge in [0.25, 0.3) is 5.91 Å². The molecule has 0 saturated carbocycles. The van der Waals surface area contributed by atoms with Gasteiger partial charge in [-0.2, -0.15) is 5.26 Å². The van der Waals surface area contributed by atoms with E-state index in [1.807, 2.05) is 24.3 Å². The lowest BCUT2D eigenvalue weighted by Gasteiger charge is -2.39. The molecule has 1 saturated heterocycles.